The molecule has 0 aliphatic carbocycles. The second kappa shape index (κ2) is 9.59. The maximum Gasteiger partial charge on any atom is 0.147 e. The predicted octanol–water partition coefficient (Wildman–Crippen LogP) is 6.04. The Kier molecular flexibility index (Phi) is 6.78. The lowest BCUT2D eigenvalue weighted by Gasteiger charge is -2.38. The first-order chi connectivity index (χ1) is 15.7. The highest BCUT2D eigenvalue weighted by Gasteiger charge is 2.27. The molecule has 4 rings (SSSR count). The van der Waals surface area contributed by atoms with Gasteiger partial charge in [0.05, 0.1) is 11.2 Å². The third-order valence-corrected chi connectivity index (χ3v) is 6.30. The Morgan fingerprint density at radius 3 is 2.45 bits per heavy atom. The van der Waals surface area contributed by atoms with Crippen molar-refractivity contribution in [2.75, 3.05) is 23.3 Å². The fraction of sp³-hybridized carbons (Fsp3) is 0.407. The SMILES string of the molecule is Cc1ccc2nc(NCc3ccc(Cl)cc3)c(C#N)c(N3CCC(NC(C)(C)C)CC3)c2c1. The highest BCUT2D eigenvalue weighted by Crippen LogP contribution is 2.36. The van der Waals surface area contributed by atoms with Crippen LogP contribution in [0.5, 0.6) is 0 Å². The van der Waals surface area contributed by atoms with Gasteiger partial charge in [0.25, 0.3) is 0 Å². The van der Waals surface area contributed by atoms with Crippen molar-refractivity contribution in [3.8, 4) is 6.07 Å². The Labute approximate surface area is 201 Å². The van der Waals surface area contributed by atoms with Crippen molar-refractivity contribution in [1.82, 2.24) is 10.3 Å². The fourth-order valence-electron chi connectivity index (χ4n) is 4.57. The number of piperidine rings is 1. The summed E-state index contributed by atoms with van der Waals surface area (Å²) in [5, 5.41) is 19.1. The van der Waals surface area contributed by atoms with Crippen molar-refractivity contribution in [2.24, 2.45) is 0 Å². The summed E-state index contributed by atoms with van der Waals surface area (Å²) in [6.45, 7) is 11.1. The van der Waals surface area contributed by atoms with Crippen LogP contribution in [0.3, 0.4) is 0 Å². The lowest BCUT2D eigenvalue weighted by Crippen LogP contribution is -2.49. The summed E-state index contributed by atoms with van der Waals surface area (Å²) in [5.41, 5.74) is 4.88. The van der Waals surface area contributed by atoms with E-state index in [1.54, 1.807) is 0 Å². The molecule has 0 amide bonds. The Hall–Kier alpha value is -2.81. The van der Waals surface area contributed by atoms with Crippen LogP contribution in [0.2, 0.25) is 5.02 Å². The summed E-state index contributed by atoms with van der Waals surface area (Å²) in [7, 11) is 0. The van der Waals surface area contributed by atoms with Crippen molar-refractivity contribution in [3.63, 3.8) is 0 Å². The Balaban J connectivity index is 1.67. The lowest BCUT2D eigenvalue weighted by atomic mass is 9.98. The molecule has 0 radical (unpaired) electrons. The zero-order chi connectivity index (χ0) is 23.6. The minimum absolute atomic E-state index is 0.101. The summed E-state index contributed by atoms with van der Waals surface area (Å²) in [6, 6.07) is 17.0. The Bertz CT molecular complexity index is 1170. The third kappa shape index (κ3) is 5.58. The first-order valence-electron chi connectivity index (χ1n) is 11.6. The number of hydrogen-bond donors (Lipinski definition) is 2. The third-order valence-electron chi connectivity index (χ3n) is 6.05. The first-order valence-corrected chi connectivity index (χ1v) is 12.0. The van der Waals surface area contributed by atoms with Gasteiger partial charge >= 0.3 is 0 Å². The average Bonchev–Trinajstić information content (AvgIpc) is 2.77. The van der Waals surface area contributed by atoms with E-state index >= 15 is 0 Å². The molecule has 5 nitrogen and oxygen atoms in total. The number of aryl methyl sites for hydroxylation is 1. The molecule has 1 aromatic heterocycles. The molecule has 1 aliphatic heterocycles. The van der Waals surface area contributed by atoms with E-state index in [0.717, 1.165) is 48.1 Å². The second-order valence-electron chi connectivity index (χ2n) is 9.95. The van der Waals surface area contributed by atoms with Gasteiger partial charge in [0.2, 0.25) is 0 Å². The van der Waals surface area contributed by atoms with Gasteiger partial charge in [-0.15, -0.1) is 0 Å². The van der Waals surface area contributed by atoms with Crippen molar-refractivity contribution >= 4 is 34.0 Å². The van der Waals surface area contributed by atoms with Crippen LogP contribution in [-0.4, -0.2) is 29.7 Å². The Morgan fingerprint density at radius 1 is 1.12 bits per heavy atom. The van der Waals surface area contributed by atoms with Crippen LogP contribution < -0.4 is 15.5 Å². The molecule has 3 aromatic rings. The topological polar surface area (TPSA) is 64.0 Å². The van der Waals surface area contributed by atoms with E-state index in [4.69, 9.17) is 16.6 Å². The van der Waals surface area contributed by atoms with Crippen LogP contribution in [0.1, 0.15) is 50.3 Å². The molecule has 2 aromatic carbocycles. The maximum absolute atomic E-state index is 10.2. The number of aromatic nitrogens is 1. The van der Waals surface area contributed by atoms with Gasteiger partial charge in [-0.1, -0.05) is 35.4 Å². The van der Waals surface area contributed by atoms with Gasteiger partial charge in [-0.2, -0.15) is 5.26 Å². The molecule has 33 heavy (non-hydrogen) atoms. The summed E-state index contributed by atoms with van der Waals surface area (Å²) in [6.07, 6.45) is 2.09. The number of nitrogens with zero attached hydrogens (tertiary/aromatic N) is 3. The summed E-state index contributed by atoms with van der Waals surface area (Å²) >= 11 is 6.02. The molecule has 2 heterocycles. The molecular weight excluding hydrogens is 430 g/mol. The maximum atomic E-state index is 10.2. The molecular formula is C27H32ClN5. The van der Waals surface area contributed by atoms with Crippen LogP contribution >= 0.6 is 11.6 Å². The van der Waals surface area contributed by atoms with Crippen molar-refractivity contribution < 1.29 is 0 Å². The van der Waals surface area contributed by atoms with Gasteiger partial charge in [0.15, 0.2) is 0 Å². The van der Waals surface area contributed by atoms with Crippen LogP contribution in [-0.2, 0) is 6.54 Å². The number of hydrogen-bond acceptors (Lipinski definition) is 5. The molecule has 172 valence electrons. The monoisotopic (exact) mass is 461 g/mol. The van der Waals surface area contributed by atoms with E-state index in [1.807, 2.05) is 24.3 Å². The highest BCUT2D eigenvalue weighted by atomic mass is 35.5. The smallest absolute Gasteiger partial charge is 0.147 e. The molecule has 0 atom stereocenters. The molecule has 0 unspecified atom stereocenters. The normalized spacial score (nSPS) is 15.0. The number of halogens is 1. The van der Waals surface area contributed by atoms with Crippen molar-refractivity contribution in [1.29, 1.82) is 5.26 Å². The average molecular weight is 462 g/mol. The number of fused-ring (bicyclic) bond motifs is 1. The quantitative estimate of drug-likeness (QED) is 0.485. The standard InChI is InChI=1S/C27H32ClN5/c1-18-5-10-24-22(15-18)25(33-13-11-21(12-14-33)32-27(2,3)4)23(16-29)26(31-24)30-17-19-6-8-20(28)9-7-19/h5-10,15,21,32H,11-14,17H2,1-4H3,(H,30,31). The molecule has 2 N–H and O–H groups in total. The second-order valence-corrected chi connectivity index (χ2v) is 10.4. The van der Waals surface area contributed by atoms with Gasteiger partial charge in [0, 0.05) is 41.6 Å². The van der Waals surface area contributed by atoms with Gasteiger partial charge in [-0.25, -0.2) is 4.98 Å². The number of anilines is 2. The van der Waals surface area contributed by atoms with Crippen LogP contribution in [0.4, 0.5) is 11.5 Å². The molecule has 6 heteroatoms. The van der Waals surface area contributed by atoms with E-state index in [9.17, 15) is 5.26 Å². The highest BCUT2D eigenvalue weighted by molar-refractivity contribution is 6.30. The van der Waals surface area contributed by atoms with Crippen LogP contribution in [0.25, 0.3) is 10.9 Å². The molecule has 0 bridgehead atoms. The molecule has 1 aliphatic rings. The van der Waals surface area contributed by atoms with E-state index in [1.165, 1.54) is 5.56 Å². The van der Waals surface area contributed by atoms with Crippen molar-refractivity contribution in [3.05, 3.63) is 64.2 Å². The predicted molar refractivity (Wildman–Crippen MR) is 138 cm³/mol. The summed E-state index contributed by atoms with van der Waals surface area (Å²) < 4.78 is 0. The minimum atomic E-state index is 0.101. The lowest BCUT2D eigenvalue weighted by molar-refractivity contribution is 0.317. The zero-order valence-electron chi connectivity index (χ0n) is 19.9. The molecule has 0 spiro atoms. The van der Waals surface area contributed by atoms with E-state index in [-0.39, 0.29) is 5.54 Å². The largest absolute Gasteiger partial charge is 0.370 e. The van der Waals surface area contributed by atoms with Gasteiger partial charge in [0.1, 0.15) is 17.5 Å². The number of nitrogens with one attached hydrogen (secondary N) is 2. The van der Waals surface area contributed by atoms with Gasteiger partial charge in [-0.05, 0) is 70.4 Å². The number of benzene rings is 2. The van der Waals surface area contributed by atoms with Crippen LogP contribution in [0, 0.1) is 18.3 Å². The van der Waals surface area contributed by atoms with Crippen LogP contribution in [0.15, 0.2) is 42.5 Å². The fourth-order valence-corrected chi connectivity index (χ4v) is 4.70. The molecule has 1 fully saturated rings. The van der Waals surface area contributed by atoms with Gasteiger partial charge in [-0.3, -0.25) is 0 Å². The van der Waals surface area contributed by atoms with E-state index in [2.05, 4.69) is 67.5 Å². The Morgan fingerprint density at radius 2 is 1.82 bits per heavy atom. The first kappa shape index (κ1) is 23.4. The minimum Gasteiger partial charge on any atom is -0.370 e. The number of nitriles is 1. The summed E-state index contributed by atoms with van der Waals surface area (Å²) in [4.78, 5) is 7.21. The van der Waals surface area contributed by atoms with E-state index < -0.39 is 0 Å². The van der Waals surface area contributed by atoms with E-state index in [0.29, 0.717) is 29.0 Å². The zero-order valence-corrected chi connectivity index (χ0v) is 20.6. The number of rotatable bonds is 5. The number of pyridine rings is 1. The summed E-state index contributed by atoms with van der Waals surface area (Å²) in [5.74, 6) is 0.633. The van der Waals surface area contributed by atoms with Crippen molar-refractivity contribution in [2.45, 2.75) is 58.7 Å². The molecule has 1 saturated heterocycles. The van der Waals surface area contributed by atoms with Gasteiger partial charge < -0.3 is 15.5 Å². The molecule has 0 saturated carbocycles.